The number of hydrogen-bond acceptors (Lipinski definition) is 3. The van der Waals surface area contributed by atoms with Gasteiger partial charge in [-0.15, -0.1) is 0 Å². The van der Waals surface area contributed by atoms with Crippen LogP contribution >= 0.6 is 11.6 Å². The third kappa shape index (κ3) is 4.96. The fourth-order valence-electron chi connectivity index (χ4n) is 1.66. The van der Waals surface area contributed by atoms with Gasteiger partial charge >= 0.3 is 0 Å². The van der Waals surface area contributed by atoms with Gasteiger partial charge in [0.15, 0.2) is 6.10 Å². The molecule has 0 bridgehead atoms. The zero-order valence-corrected chi connectivity index (χ0v) is 12.9. The maximum absolute atomic E-state index is 12.8. The topological polar surface area (TPSA) is 67.4 Å². The molecule has 23 heavy (non-hydrogen) atoms. The van der Waals surface area contributed by atoms with Crippen molar-refractivity contribution in [3.63, 3.8) is 0 Å². The first kappa shape index (κ1) is 16.8. The number of halogens is 2. The van der Waals surface area contributed by atoms with Crippen molar-refractivity contribution in [2.24, 2.45) is 0 Å². The smallest absolute Gasteiger partial charge is 0.279 e. The molecule has 0 radical (unpaired) electrons. The fourth-order valence-corrected chi connectivity index (χ4v) is 1.79. The highest BCUT2D eigenvalue weighted by Crippen LogP contribution is 2.13. The molecule has 2 N–H and O–H groups in total. The van der Waals surface area contributed by atoms with Crippen LogP contribution in [0.25, 0.3) is 0 Å². The highest BCUT2D eigenvalue weighted by atomic mass is 35.5. The van der Waals surface area contributed by atoms with Gasteiger partial charge in [0.1, 0.15) is 11.6 Å². The van der Waals surface area contributed by atoms with E-state index in [-0.39, 0.29) is 0 Å². The maximum atomic E-state index is 12.8. The van der Waals surface area contributed by atoms with Crippen molar-refractivity contribution in [3.8, 4) is 5.75 Å². The molecule has 0 aliphatic rings. The molecule has 0 saturated carbocycles. The minimum atomic E-state index is -0.869. The van der Waals surface area contributed by atoms with Crippen LogP contribution in [0.5, 0.6) is 5.75 Å². The Morgan fingerprint density at radius 1 is 1.04 bits per heavy atom. The molecule has 0 unspecified atom stereocenters. The Labute approximate surface area is 137 Å². The monoisotopic (exact) mass is 336 g/mol. The minimum Gasteiger partial charge on any atom is -0.481 e. The summed E-state index contributed by atoms with van der Waals surface area (Å²) in [5, 5.41) is 0.506. The first-order valence-electron chi connectivity index (χ1n) is 6.73. The predicted octanol–water partition coefficient (Wildman–Crippen LogP) is 2.71. The third-order valence-electron chi connectivity index (χ3n) is 2.90. The van der Waals surface area contributed by atoms with E-state index in [1.165, 1.54) is 43.3 Å². The molecule has 2 aromatic carbocycles. The van der Waals surface area contributed by atoms with Crippen molar-refractivity contribution in [2.45, 2.75) is 13.0 Å². The Hall–Kier alpha value is -2.60. The van der Waals surface area contributed by atoms with Crippen molar-refractivity contribution in [2.75, 3.05) is 0 Å². The lowest BCUT2D eigenvalue weighted by molar-refractivity contribution is -0.128. The Morgan fingerprint density at radius 3 is 2.26 bits per heavy atom. The van der Waals surface area contributed by atoms with Gasteiger partial charge in [0, 0.05) is 10.6 Å². The maximum Gasteiger partial charge on any atom is 0.279 e. The fraction of sp³-hybridized carbons (Fsp3) is 0.125. The summed E-state index contributed by atoms with van der Waals surface area (Å²) >= 11 is 5.73. The second-order valence-corrected chi connectivity index (χ2v) is 5.10. The zero-order valence-electron chi connectivity index (χ0n) is 12.2. The molecule has 0 aromatic heterocycles. The van der Waals surface area contributed by atoms with Gasteiger partial charge in [-0.05, 0) is 55.5 Å². The third-order valence-corrected chi connectivity index (χ3v) is 3.15. The quantitative estimate of drug-likeness (QED) is 0.844. The van der Waals surface area contributed by atoms with E-state index in [0.717, 1.165) is 0 Å². The first-order chi connectivity index (χ1) is 11.0. The Balaban J connectivity index is 1.84. The van der Waals surface area contributed by atoms with E-state index in [0.29, 0.717) is 16.3 Å². The van der Waals surface area contributed by atoms with Crippen LogP contribution in [-0.2, 0) is 4.79 Å². The SMILES string of the molecule is C[C@H](Oc1ccc(F)cc1)C(=O)NNC(=O)c1ccc(Cl)cc1. The summed E-state index contributed by atoms with van der Waals surface area (Å²) in [6, 6.07) is 11.5. The van der Waals surface area contributed by atoms with Gasteiger partial charge in [-0.3, -0.25) is 20.4 Å². The second kappa shape index (κ2) is 7.60. The van der Waals surface area contributed by atoms with E-state index >= 15 is 0 Å². The molecule has 0 aliphatic heterocycles. The van der Waals surface area contributed by atoms with Gasteiger partial charge in [-0.2, -0.15) is 0 Å². The van der Waals surface area contributed by atoms with Gasteiger partial charge in [0.2, 0.25) is 0 Å². The lowest BCUT2D eigenvalue weighted by Gasteiger charge is -2.15. The molecule has 2 rings (SSSR count). The van der Waals surface area contributed by atoms with E-state index in [4.69, 9.17) is 16.3 Å². The lowest BCUT2D eigenvalue weighted by Crippen LogP contribution is -2.47. The number of hydrogen-bond donors (Lipinski definition) is 2. The average molecular weight is 337 g/mol. The number of benzene rings is 2. The second-order valence-electron chi connectivity index (χ2n) is 4.66. The summed E-state index contributed by atoms with van der Waals surface area (Å²) in [4.78, 5) is 23.7. The summed E-state index contributed by atoms with van der Waals surface area (Å²) in [6.45, 7) is 1.51. The van der Waals surface area contributed by atoms with Gasteiger partial charge in [0.05, 0.1) is 0 Å². The number of hydrazine groups is 1. The van der Waals surface area contributed by atoms with E-state index in [1.807, 2.05) is 0 Å². The summed E-state index contributed by atoms with van der Waals surface area (Å²) in [6.07, 6.45) is -0.869. The predicted molar refractivity (Wildman–Crippen MR) is 83.6 cm³/mol. The van der Waals surface area contributed by atoms with Gasteiger partial charge in [-0.25, -0.2) is 4.39 Å². The Morgan fingerprint density at radius 2 is 1.65 bits per heavy atom. The van der Waals surface area contributed by atoms with Crippen LogP contribution < -0.4 is 15.6 Å². The molecule has 0 fully saturated rings. The zero-order chi connectivity index (χ0) is 16.8. The van der Waals surface area contributed by atoms with Crippen LogP contribution in [-0.4, -0.2) is 17.9 Å². The molecule has 0 aliphatic carbocycles. The molecule has 120 valence electrons. The number of carbonyl (C=O) groups excluding carboxylic acids is 2. The molecular weight excluding hydrogens is 323 g/mol. The summed E-state index contributed by atoms with van der Waals surface area (Å²) in [5.74, 6) is -1.08. The van der Waals surface area contributed by atoms with Crippen LogP contribution in [0.2, 0.25) is 5.02 Å². The normalized spacial score (nSPS) is 11.4. The van der Waals surface area contributed by atoms with Crippen LogP contribution in [0, 0.1) is 5.82 Å². The van der Waals surface area contributed by atoms with Gasteiger partial charge in [-0.1, -0.05) is 11.6 Å². The lowest BCUT2D eigenvalue weighted by atomic mass is 10.2. The molecule has 5 nitrogen and oxygen atoms in total. The van der Waals surface area contributed by atoms with Crippen molar-refractivity contribution in [3.05, 3.63) is 64.9 Å². The van der Waals surface area contributed by atoms with Crippen LogP contribution in [0.1, 0.15) is 17.3 Å². The number of nitrogens with one attached hydrogen (secondary N) is 2. The summed E-state index contributed by atoms with van der Waals surface area (Å²) in [5.41, 5.74) is 4.88. The largest absolute Gasteiger partial charge is 0.481 e. The first-order valence-corrected chi connectivity index (χ1v) is 7.11. The molecule has 1 atom stereocenters. The average Bonchev–Trinajstić information content (AvgIpc) is 2.55. The molecule has 0 spiro atoms. The van der Waals surface area contributed by atoms with E-state index < -0.39 is 23.7 Å². The summed E-state index contributed by atoms with van der Waals surface area (Å²) < 4.78 is 18.1. The number of ether oxygens (including phenoxy) is 1. The van der Waals surface area contributed by atoms with Crippen LogP contribution in [0.3, 0.4) is 0 Å². The highest BCUT2D eigenvalue weighted by molar-refractivity contribution is 6.30. The standard InChI is InChI=1S/C16H14ClFN2O3/c1-10(23-14-8-6-13(18)7-9-14)15(21)19-20-16(22)11-2-4-12(17)5-3-11/h2-10H,1H3,(H,19,21)(H,20,22)/t10-/m0/s1. The van der Waals surface area contributed by atoms with E-state index in [2.05, 4.69) is 10.9 Å². The van der Waals surface area contributed by atoms with E-state index in [9.17, 15) is 14.0 Å². The molecular formula is C16H14ClFN2O3. The van der Waals surface area contributed by atoms with E-state index in [1.54, 1.807) is 12.1 Å². The van der Waals surface area contributed by atoms with Crippen LogP contribution in [0.15, 0.2) is 48.5 Å². The Kier molecular flexibility index (Phi) is 5.54. The molecule has 2 aromatic rings. The Bertz CT molecular complexity index is 689. The number of rotatable bonds is 4. The van der Waals surface area contributed by atoms with Gasteiger partial charge < -0.3 is 4.74 Å². The van der Waals surface area contributed by atoms with Crippen molar-refractivity contribution in [1.29, 1.82) is 0 Å². The molecule has 0 heterocycles. The van der Waals surface area contributed by atoms with Gasteiger partial charge in [0.25, 0.3) is 11.8 Å². The molecule has 2 amide bonds. The minimum absolute atomic E-state index is 0.345. The van der Waals surface area contributed by atoms with Crippen molar-refractivity contribution < 1.29 is 18.7 Å². The number of carbonyl (C=O) groups is 2. The molecule has 7 heteroatoms. The molecule has 0 saturated heterocycles. The number of amides is 2. The van der Waals surface area contributed by atoms with Crippen molar-refractivity contribution in [1.82, 2.24) is 10.9 Å². The summed E-state index contributed by atoms with van der Waals surface area (Å²) in [7, 11) is 0. The van der Waals surface area contributed by atoms with Crippen molar-refractivity contribution >= 4 is 23.4 Å². The highest BCUT2D eigenvalue weighted by Gasteiger charge is 2.16. The van der Waals surface area contributed by atoms with Crippen LogP contribution in [0.4, 0.5) is 4.39 Å².